The minimum Gasteiger partial charge on any atom is -0.383 e. The lowest BCUT2D eigenvalue weighted by Crippen LogP contribution is -2.39. The first-order valence-electron chi connectivity index (χ1n) is 11.0. The highest BCUT2D eigenvalue weighted by molar-refractivity contribution is 5.62. The number of alkyl halides is 3. The Morgan fingerprint density at radius 1 is 1.16 bits per heavy atom. The molecule has 2 aromatic rings. The average molecular weight is 435 g/mol. The topological polar surface area (TPSA) is 69.2 Å². The van der Waals surface area contributed by atoms with Crippen LogP contribution in [0.25, 0.3) is 11.3 Å². The minimum atomic E-state index is -4.54. The summed E-state index contributed by atoms with van der Waals surface area (Å²) in [4.78, 5) is 11.1. The maximum Gasteiger partial charge on any atom is 0.419 e. The van der Waals surface area contributed by atoms with Crippen molar-refractivity contribution in [1.29, 1.82) is 0 Å². The van der Waals surface area contributed by atoms with E-state index in [1.54, 1.807) is 0 Å². The van der Waals surface area contributed by atoms with Crippen molar-refractivity contribution in [2.24, 2.45) is 11.8 Å². The zero-order valence-electron chi connectivity index (χ0n) is 17.8. The van der Waals surface area contributed by atoms with Crippen LogP contribution < -0.4 is 5.73 Å². The van der Waals surface area contributed by atoms with E-state index in [1.807, 2.05) is 6.20 Å². The lowest BCUT2D eigenvalue weighted by molar-refractivity contribution is -0.137. The van der Waals surface area contributed by atoms with E-state index in [0.29, 0.717) is 35.2 Å². The van der Waals surface area contributed by atoms with Crippen molar-refractivity contribution in [3.63, 3.8) is 0 Å². The van der Waals surface area contributed by atoms with E-state index in [2.05, 4.69) is 28.3 Å². The molecule has 0 bridgehead atoms. The van der Waals surface area contributed by atoms with Crippen LogP contribution in [0.3, 0.4) is 0 Å². The van der Waals surface area contributed by atoms with Crippen molar-refractivity contribution in [2.45, 2.75) is 50.9 Å². The fourth-order valence-electron chi connectivity index (χ4n) is 5.34. The molecule has 2 N–H and O–H groups in total. The molecule has 6 nitrogen and oxygen atoms in total. The van der Waals surface area contributed by atoms with Gasteiger partial charge in [0.1, 0.15) is 11.6 Å². The van der Waals surface area contributed by atoms with Gasteiger partial charge in [0.2, 0.25) is 0 Å². The molecule has 31 heavy (non-hydrogen) atoms. The summed E-state index contributed by atoms with van der Waals surface area (Å²) in [5, 5.41) is 0. The Kier molecular flexibility index (Phi) is 5.01. The van der Waals surface area contributed by atoms with Gasteiger partial charge in [0.15, 0.2) is 0 Å². The molecule has 5 rings (SSSR count). The zero-order chi connectivity index (χ0) is 21.9. The number of hydrogen-bond acceptors (Lipinski definition) is 5. The third-order valence-corrected chi connectivity index (χ3v) is 7.00. The molecule has 2 saturated heterocycles. The predicted molar refractivity (Wildman–Crippen MR) is 110 cm³/mol. The Labute approximate surface area is 179 Å². The van der Waals surface area contributed by atoms with Gasteiger partial charge in [-0.05, 0) is 30.7 Å². The SMILES string of the molecule is CC(C)c1nc(-c2cnc(N)c(C(F)(F)F)c2)cn1C1C2CN(C3CCOCC3)CC21. The number of likely N-dealkylation sites (tertiary alicyclic amines) is 1. The van der Waals surface area contributed by atoms with Crippen LogP contribution in [0.1, 0.15) is 50.0 Å². The van der Waals surface area contributed by atoms with Gasteiger partial charge in [0.05, 0.1) is 11.3 Å². The van der Waals surface area contributed by atoms with Crippen LogP contribution in [0.4, 0.5) is 19.0 Å². The summed E-state index contributed by atoms with van der Waals surface area (Å²) in [7, 11) is 0. The van der Waals surface area contributed by atoms with E-state index >= 15 is 0 Å². The number of nitrogens with two attached hydrogens (primary N) is 1. The Hall–Kier alpha value is -2.13. The van der Waals surface area contributed by atoms with Crippen molar-refractivity contribution in [3.8, 4) is 11.3 Å². The van der Waals surface area contributed by atoms with Crippen LogP contribution in [0, 0.1) is 11.8 Å². The van der Waals surface area contributed by atoms with E-state index in [-0.39, 0.29) is 5.92 Å². The Balaban J connectivity index is 1.39. The van der Waals surface area contributed by atoms with Gasteiger partial charge in [-0.2, -0.15) is 13.2 Å². The monoisotopic (exact) mass is 435 g/mol. The number of pyridine rings is 1. The molecule has 2 aliphatic heterocycles. The fourth-order valence-corrected chi connectivity index (χ4v) is 5.34. The molecule has 0 amide bonds. The Morgan fingerprint density at radius 2 is 1.84 bits per heavy atom. The van der Waals surface area contributed by atoms with Crippen LogP contribution in [0.15, 0.2) is 18.5 Å². The minimum absolute atomic E-state index is 0.172. The van der Waals surface area contributed by atoms with Gasteiger partial charge in [0.25, 0.3) is 0 Å². The summed E-state index contributed by atoms with van der Waals surface area (Å²) in [6.45, 7) is 7.98. The van der Waals surface area contributed by atoms with E-state index in [9.17, 15) is 13.2 Å². The summed E-state index contributed by atoms with van der Waals surface area (Å²) < 4.78 is 47.5. The normalized spacial score (nSPS) is 27.1. The molecule has 3 aliphatic rings. The standard InChI is InChI=1S/C22H28F3N5O/c1-12(2)21-28-18(13-7-17(22(23,24)25)20(26)27-8-13)11-30(21)19-15-9-29(10-16(15)19)14-3-5-31-6-4-14/h7-8,11-12,14-16,19H,3-6,9-10H2,1-2H3,(H2,26,27). The van der Waals surface area contributed by atoms with Crippen molar-refractivity contribution >= 4 is 5.82 Å². The van der Waals surface area contributed by atoms with Gasteiger partial charge in [-0.3, -0.25) is 4.90 Å². The maximum atomic E-state index is 13.3. The number of rotatable bonds is 4. The molecule has 2 unspecified atom stereocenters. The highest BCUT2D eigenvalue weighted by Gasteiger charge is 2.58. The molecule has 4 heterocycles. The molecule has 2 atom stereocenters. The van der Waals surface area contributed by atoms with Gasteiger partial charge in [-0.15, -0.1) is 0 Å². The van der Waals surface area contributed by atoms with Crippen LogP contribution >= 0.6 is 0 Å². The number of imidazole rings is 1. The molecule has 1 aliphatic carbocycles. The number of piperidine rings is 1. The van der Waals surface area contributed by atoms with Crippen LogP contribution in [0.2, 0.25) is 0 Å². The molecule has 0 radical (unpaired) electrons. The van der Waals surface area contributed by atoms with Gasteiger partial charge in [-0.1, -0.05) is 13.8 Å². The summed E-state index contributed by atoms with van der Waals surface area (Å²) in [5.41, 5.74) is 5.41. The number of halogens is 3. The lowest BCUT2D eigenvalue weighted by Gasteiger charge is -2.32. The summed E-state index contributed by atoms with van der Waals surface area (Å²) >= 11 is 0. The summed E-state index contributed by atoms with van der Waals surface area (Å²) in [6.07, 6.45) is 0.939. The summed E-state index contributed by atoms with van der Waals surface area (Å²) in [6, 6.07) is 2.05. The lowest BCUT2D eigenvalue weighted by atomic mass is 10.1. The van der Waals surface area contributed by atoms with Gasteiger partial charge in [-0.25, -0.2) is 9.97 Å². The second kappa shape index (κ2) is 7.48. The Morgan fingerprint density at radius 3 is 2.45 bits per heavy atom. The highest BCUT2D eigenvalue weighted by Crippen LogP contribution is 2.57. The number of aromatic nitrogens is 3. The van der Waals surface area contributed by atoms with Crippen molar-refractivity contribution < 1.29 is 17.9 Å². The molecule has 9 heteroatoms. The van der Waals surface area contributed by atoms with E-state index in [0.717, 1.165) is 51.0 Å². The first-order valence-corrected chi connectivity index (χ1v) is 11.0. The summed E-state index contributed by atoms with van der Waals surface area (Å²) in [5.74, 6) is 1.74. The third kappa shape index (κ3) is 3.71. The number of hydrogen-bond donors (Lipinski definition) is 1. The number of nitrogens with zero attached hydrogens (tertiary/aromatic N) is 4. The average Bonchev–Trinajstić information content (AvgIpc) is 3.09. The smallest absolute Gasteiger partial charge is 0.383 e. The molecule has 0 aromatic carbocycles. The zero-order valence-corrected chi connectivity index (χ0v) is 17.8. The number of anilines is 1. The molecule has 3 fully saturated rings. The van der Waals surface area contributed by atoms with E-state index in [4.69, 9.17) is 15.5 Å². The molecule has 168 valence electrons. The first-order chi connectivity index (χ1) is 14.7. The van der Waals surface area contributed by atoms with E-state index < -0.39 is 17.6 Å². The third-order valence-electron chi connectivity index (χ3n) is 7.00. The fraction of sp³-hybridized carbons (Fsp3) is 0.636. The molecule has 1 saturated carbocycles. The van der Waals surface area contributed by atoms with Crippen LogP contribution in [-0.4, -0.2) is 51.8 Å². The second-order valence-corrected chi connectivity index (χ2v) is 9.32. The number of nitrogen functional groups attached to an aromatic ring is 1. The predicted octanol–water partition coefficient (Wildman–Crippen LogP) is 3.95. The van der Waals surface area contributed by atoms with Crippen molar-refractivity contribution in [1.82, 2.24) is 19.4 Å². The van der Waals surface area contributed by atoms with Gasteiger partial charge >= 0.3 is 6.18 Å². The first kappa shape index (κ1) is 20.8. The molecule has 2 aromatic heterocycles. The molecule has 0 spiro atoms. The molecular weight excluding hydrogens is 407 g/mol. The Bertz CT molecular complexity index is 955. The van der Waals surface area contributed by atoms with Crippen LogP contribution in [-0.2, 0) is 10.9 Å². The second-order valence-electron chi connectivity index (χ2n) is 9.32. The van der Waals surface area contributed by atoms with E-state index in [1.165, 1.54) is 6.20 Å². The van der Waals surface area contributed by atoms with Crippen molar-refractivity contribution in [3.05, 3.63) is 29.8 Å². The maximum absolute atomic E-state index is 13.3. The van der Waals surface area contributed by atoms with Crippen LogP contribution in [0.5, 0.6) is 0 Å². The van der Waals surface area contributed by atoms with Gasteiger partial charge < -0.3 is 15.0 Å². The number of ether oxygens (including phenoxy) is 1. The molecular formula is C22H28F3N5O. The van der Waals surface area contributed by atoms with Gasteiger partial charge in [0, 0.05) is 62.3 Å². The highest BCUT2D eigenvalue weighted by atomic mass is 19.4. The van der Waals surface area contributed by atoms with Crippen molar-refractivity contribution in [2.75, 3.05) is 32.0 Å². The number of fused-ring (bicyclic) bond motifs is 1. The largest absolute Gasteiger partial charge is 0.419 e. The quantitative estimate of drug-likeness (QED) is 0.788.